The monoisotopic (exact) mass is 886 g/mol. The van der Waals surface area contributed by atoms with Crippen molar-refractivity contribution in [2.75, 3.05) is 0 Å². The van der Waals surface area contributed by atoms with E-state index in [1.807, 2.05) is 103 Å². The zero-order valence-electron chi connectivity index (χ0n) is 31.9. The van der Waals surface area contributed by atoms with E-state index in [0.717, 1.165) is 50.1 Å². The number of para-hydroxylation sites is 5. The van der Waals surface area contributed by atoms with E-state index in [1.54, 1.807) is 77.3 Å². The highest BCUT2D eigenvalue weighted by atomic mass is 79.9. The van der Waals surface area contributed by atoms with Crippen LogP contribution in [0.5, 0.6) is 28.7 Å². The number of fused-ring (bicyclic) bond motifs is 2. The van der Waals surface area contributed by atoms with Crippen LogP contribution in [0.25, 0.3) is 33.2 Å². The van der Waals surface area contributed by atoms with E-state index < -0.39 is 7.12 Å². The van der Waals surface area contributed by atoms with Crippen molar-refractivity contribution in [3.8, 4) is 52.0 Å². The first-order chi connectivity index (χ1) is 29.9. The standard InChI is InChI=1S/C20H13N3O.C14H8BrN3O2S.C12H11BO3/c21-11-15-13-23-20-18(15)10-14(12-22-20)17-8-4-5-9-19(17)24-16-6-2-1-3-7-16;15-11-6-13-10(7-16)9-18(14(13)17-8-11)21-20-19-12-4-2-1-3-5-12;14-13(15)11-8-4-5-9-12(11)16-10-6-2-1-3-7-10/h1-10,12-13H,(H,22,23);1-6,8-9H;1-9,14-15H. The molecule has 15 heteroatoms. The van der Waals surface area contributed by atoms with Gasteiger partial charge in [0.15, 0.2) is 23.6 Å². The van der Waals surface area contributed by atoms with Crippen molar-refractivity contribution in [3.63, 3.8) is 0 Å². The van der Waals surface area contributed by atoms with Crippen LogP contribution in [0.4, 0.5) is 0 Å². The van der Waals surface area contributed by atoms with Gasteiger partial charge in [0.2, 0.25) is 0 Å². The number of nitrogens with zero attached hydrogens (tertiary/aromatic N) is 5. The molecule has 12 nitrogen and oxygen atoms in total. The van der Waals surface area contributed by atoms with E-state index in [1.165, 1.54) is 0 Å². The number of H-pyrrole nitrogens is 1. The minimum Gasteiger partial charge on any atom is -0.458 e. The number of nitrogens with one attached hydrogen (secondary N) is 1. The van der Waals surface area contributed by atoms with Gasteiger partial charge in [0, 0.05) is 56.6 Å². The molecule has 9 rings (SSSR count). The largest absolute Gasteiger partial charge is 0.492 e. The van der Waals surface area contributed by atoms with Gasteiger partial charge in [-0.05, 0) is 76.6 Å². The van der Waals surface area contributed by atoms with E-state index in [9.17, 15) is 5.26 Å². The van der Waals surface area contributed by atoms with Gasteiger partial charge in [-0.25, -0.2) is 13.9 Å². The van der Waals surface area contributed by atoms with Crippen molar-refractivity contribution >= 4 is 62.8 Å². The minimum absolute atomic E-state index is 0.353. The van der Waals surface area contributed by atoms with Crippen molar-refractivity contribution in [1.29, 1.82) is 10.5 Å². The van der Waals surface area contributed by atoms with Crippen molar-refractivity contribution in [2.24, 2.45) is 0 Å². The Kier molecular flexibility index (Phi) is 14.1. The predicted molar refractivity (Wildman–Crippen MR) is 239 cm³/mol. The van der Waals surface area contributed by atoms with Gasteiger partial charge in [0.1, 0.15) is 40.8 Å². The predicted octanol–water partition coefficient (Wildman–Crippen LogP) is 10.1. The number of rotatable bonds is 10. The first-order valence-electron chi connectivity index (χ1n) is 18.4. The Bertz CT molecular complexity index is 2940. The molecule has 0 aliphatic heterocycles. The average Bonchev–Trinajstić information content (AvgIpc) is 3.88. The summed E-state index contributed by atoms with van der Waals surface area (Å²) < 4.78 is 19.1. The summed E-state index contributed by atoms with van der Waals surface area (Å²) in [7, 11) is -1.53. The van der Waals surface area contributed by atoms with Gasteiger partial charge >= 0.3 is 7.12 Å². The SMILES string of the molecule is N#Cc1c[nH]c2ncc(-c3ccccc3Oc3ccccc3)cc12.N#Cc1cn(SOOc2ccccc2)c2ncc(Br)cc12.OB(O)c1ccccc1Oc1ccccc1. The van der Waals surface area contributed by atoms with Gasteiger partial charge in [-0.15, -0.1) is 0 Å². The maximum Gasteiger partial charge on any atom is 0.492 e. The molecule has 0 saturated heterocycles. The number of hydrogen-bond donors (Lipinski definition) is 3. The summed E-state index contributed by atoms with van der Waals surface area (Å²) in [4.78, 5) is 16.9. The van der Waals surface area contributed by atoms with E-state index in [0.29, 0.717) is 45.1 Å². The Hall–Kier alpha value is -7.37. The number of nitriles is 2. The fraction of sp³-hybridized carbons (Fsp3) is 0. The molecule has 0 aliphatic carbocycles. The lowest BCUT2D eigenvalue weighted by Crippen LogP contribution is -2.30. The van der Waals surface area contributed by atoms with Crippen LogP contribution in [0.1, 0.15) is 11.1 Å². The second kappa shape index (κ2) is 20.6. The Morgan fingerprint density at radius 2 is 1.25 bits per heavy atom. The maximum absolute atomic E-state index is 9.21. The average molecular weight is 888 g/mol. The molecule has 0 aliphatic rings. The molecule has 298 valence electrons. The first kappa shape index (κ1) is 41.8. The summed E-state index contributed by atoms with van der Waals surface area (Å²) in [5.41, 5.74) is 4.64. The number of aromatic amines is 1. The quantitative estimate of drug-likeness (QED) is 0.0517. The molecule has 9 aromatic rings. The summed E-state index contributed by atoms with van der Waals surface area (Å²) in [6, 6.07) is 50.8. The summed E-state index contributed by atoms with van der Waals surface area (Å²) in [6.07, 6.45) is 6.78. The Morgan fingerprint density at radius 1 is 0.656 bits per heavy atom. The highest BCUT2D eigenvalue weighted by Gasteiger charge is 2.17. The second-order valence-electron chi connectivity index (χ2n) is 12.7. The molecule has 4 aromatic heterocycles. The molecule has 61 heavy (non-hydrogen) atoms. The molecular formula is C46H32BBrN6O6S. The summed E-state index contributed by atoms with van der Waals surface area (Å²) in [6.45, 7) is 0. The van der Waals surface area contributed by atoms with Gasteiger partial charge in [0.25, 0.3) is 0 Å². The van der Waals surface area contributed by atoms with Crippen LogP contribution in [0.2, 0.25) is 0 Å². The molecule has 0 amide bonds. The van der Waals surface area contributed by atoms with E-state index in [4.69, 9.17) is 34.0 Å². The molecule has 0 radical (unpaired) electrons. The molecule has 5 aromatic carbocycles. The third-order valence-electron chi connectivity index (χ3n) is 8.67. The number of halogens is 1. The molecule has 0 unspecified atom stereocenters. The van der Waals surface area contributed by atoms with Crippen LogP contribution in [-0.2, 0) is 4.33 Å². The van der Waals surface area contributed by atoms with Crippen LogP contribution in [-0.4, -0.2) is 36.1 Å². The van der Waals surface area contributed by atoms with Crippen LogP contribution < -0.4 is 19.8 Å². The van der Waals surface area contributed by atoms with E-state index >= 15 is 0 Å². The van der Waals surface area contributed by atoms with Crippen LogP contribution >= 0.6 is 28.2 Å². The zero-order valence-corrected chi connectivity index (χ0v) is 34.3. The number of pyridine rings is 2. The number of hydrogen-bond acceptors (Lipinski definition) is 11. The molecular weight excluding hydrogens is 855 g/mol. The summed E-state index contributed by atoms with van der Waals surface area (Å²) in [5, 5.41) is 38.2. The van der Waals surface area contributed by atoms with Gasteiger partial charge in [-0.3, -0.25) is 0 Å². The fourth-order valence-corrected chi connectivity index (χ4v) is 6.69. The normalized spacial score (nSPS) is 10.3. The maximum atomic E-state index is 9.21. The Morgan fingerprint density at radius 3 is 1.90 bits per heavy atom. The van der Waals surface area contributed by atoms with Crippen molar-refractivity contribution in [3.05, 3.63) is 192 Å². The van der Waals surface area contributed by atoms with Gasteiger partial charge in [-0.1, -0.05) is 95.3 Å². The zero-order chi connectivity index (χ0) is 42.4. The molecule has 0 bridgehead atoms. The topological polar surface area (TPSA) is 171 Å². The highest BCUT2D eigenvalue weighted by Crippen LogP contribution is 2.34. The lowest BCUT2D eigenvalue weighted by Gasteiger charge is -2.11. The fourth-order valence-electron chi connectivity index (χ4n) is 5.82. The molecule has 0 atom stereocenters. The molecule has 3 N–H and O–H groups in total. The summed E-state index contributed by atoms with van der Waals surface area (Å²) in [5.74, 6) is 3.23. The van der Waals surface area contributed by atoms with E-state index in [-0.39, 0.29) is 0 Å². The van der Waals surface area contributed by atoms with Crippen LogP contribution in [0.3, 0.4) is 0 Å². The minimum atomic E-state index is -1.53. The summed E-state index contributed by atoms with van der Waals surface area (Å²) >= 11 is 4.30. The number of aromatic nitrogens is 4. The second-order valence-corrected chi connectivity index (χ2v) is 14.3. The van der Waals surface area contributed by atoms with Crippen molar-refractivity contribution in [1.82, 2.24) is 18.9 Å². The highest BCUT2D eigenvalue weighted by molar-refractivity contribution is 9.10. The third-order valence-corrected chi connectivity index (χ3v) is 9.67. The molecule has 0 saturated carbocycles. The number of ether oxygens (including phenoxy) is 2. The Balaban J connectivity index is 0.000000141. The van der Waals surface area contributed by atoms with Crippen LogP contribution in [0, 0.1) is 22.7 Å². The Labute approximate surface area is 363 Å². The van der Waals surface area contributed by atoms with Gasteiger partial charge in [0.05, 0.1) is 11.1 Å². The van der Waals surface area contributed by atoms with E-state index in [2.05, 4.69) is 43.0 Å². The van der Waals surface area contributed by atoms with Crippen LogP contribution in [0.15, 0.2) is 181 Å². The smallest absolute Gasteiger partial charge is 0.458 e. The van der Waals surface area contributed by atoms with Gasteiger partial charge in [-0.2, -0.15) is 10.5 Å². The number of benzene rings is 5. The van der Waals surface area contributed by atoms with Crippen molar-refractivity contribution in [2.45, 2.75) is 0 Å². The lowest BCUT2D eigenvalue weighted by atomic mass is 9.79. The molecule has 0 spiro atoms. The molecule has 0 fully saturated rings. The van der Waals surface area contributed by atoms with Crippen molar-refractivity contribution < 1.29 is 28.7 Å². The molecule has 4 heterocycles. The lowest BCUT2D eigenvalue weighted by molar-refractivity contribution is -0.0785. The van der Waals surface area contributed by atoms with Gasteiger partial charge < -0.3 is 29.4 Å². The third kappa shape index (κ3) is 10.8. The first-order valence-corrected chi connectivity index (χ1v) is 19.9.